The van der Waals surface area contributed by atoms with E-state index in [4.69, 9.17) is 9.47 Å². The molecule has 0 atom stereocenters. The first-order valence-corrected chi connectivity index (χ1v) is 8.92. The van der Waals surface area contributed by atoms with Gasteiger partial charge in [0.1, 0.15) is 26.3 Å². The van der Waals surface area contributed by atoms with E-state index in [-0.39, 0.29) is 45.9 Å². The molecule has 0 aliphatic heterocycles. The third-order valence-corrected chi connectivity index (χ3v) is 3.56. The largest absolute Gasteiger partial charge is 1.00 e. The molecule has 26 heavy (non-hydrogen) atoms. The van der Waals surface area contributed by atoms with E-state index in [2.05, 4.69) is 42.3 Å². The van der Waals surface area contributed by atoms with Crippen molar-refractivity contribution in [1.82, 2.24) is 0 Å². The first kappa shape index (κ1) is 30.5. The second-order valence-corrected chi connectivity index (χ2v) is 8.38. The van der Waals surface area contributed by atoms with Crippen LogP contribution in [0.1, 0.15) is 38.5 Å². The van der Waals surface area contributed by atoms with Crippen LogP contribution in [-0.4, -0.2) is 89.5 Å². The number of carbonyl (C=O) groups excluding carboxylic acids is 2. The molecule has 0 aromatic heterocycles. The zero-order valence-electron chi connectivity index (χ0n) is 17.4. The molecule has 0 aromatic rings. The summed E-state index contributed by atoms with van der Waals surface area (Å²) >= 11 is 0. The normalized spacial score (nSPS) is 11.2. The lowest BCUT2D eigenvalue weighted by molar-refractivity contribution is -0.870. The van der Waals surface area contributed by atoms with Gasteiger partial charge in [0.15, 0.2) is 0 Å². The Morgan fingerprint density at radius 2 is 0.923 bits per heavy atom. The predicted octanol–water partition coefficient (Wildman–Crippen LogP) is -4.17. The van der Waals surface area contributed by atoms with Gasteiger partial charge < -0.3 is 52.4 Å². The van der Waals surface area contributed by atoms with E-state index in [0.29, 0.717) is 26.1 Å². The summed E-state index contributed by atoms with van der Waals surface area (Å²) in [6.45, 7) is 2.59. The van der Waals surface area contributed by atoms with Crippen LogP contribution < -0.4 is 34.0 Å². The van der Waals surface area contributed by atoms with E-state index < -0.39 is 0 Å². The van der Waals surface area contributed by atoms with Crippen LogP contribution in [0.5, 0.6) is 0 Å². The van der Waals surface area contributed by atoms with Gasteiger partial charge in [0.25, 0.3) is 0 Å². The Morgan fingerprint density at radius 3 is 1.19 bits per heavy atom. The second-order valence-electron chi connectivity index (χ2n) is 8.38. The Kier molecular flexibility index (Phi) is 18.6. The molecule has 0 aliphatic carbocycles. The van der Waals surface area contributed by atoms with Crippen molar-refractivity contribution < 1.29 is 62.0 Å². The molecule has 0 heterocycles. The fourth-order valence-electron chi connectivity index (χ4n) is 1.90. The number of ether oxygens (including phenoxy) is 2. The van der Waals surface area contributed by atoms with E-state index in [0.717, 1.165) is 47.7 Å². The van der Waals surface area contributed by atoms with Gasteiger partial charge in [-0.2, -0.15) is 0 Å². The molecule has 0 rings (SSSR count). The van der Waals surface area contributed by atoms with Crippen LogP contribution in [-0.2, 0) is 19.1 Å². The summed E-state index contributed by atoms with van der Waals surface area (Å²) in [5.41, 5.74) is 0. The molecule has 158 valence electrons. The van der Waals surface area contributed by atoms with Crippen LogP contribution >= 0.6 is 0 Å². The van der Waals surface area contributed by atoms with Gasteiger partial charge in [0, 0.05) is 12.8 Å². The van der Waals surface area contributed by atoms with Gasteiger partial charge in [-0.3, -0.25) is 9.59 Å². The second kappa shape index (κ2) is 15.8. The summed E-state index contributed by atoms with van der Waals surface area (Å²) in [6, 6.07) is 0. The highest BCUT2D eigenvalue weighted by atomic mass is 79.9. The third-order valence-electron chi connectivity index (χ3n) is 3.56. The number of hydrogen-bond acceptors (Lipinski definition) is 4. The van der Waals surface area contributed by atoms with E-state index in [1.165, 1.54) is 0 Å². The average Bonchev–Trinajstić information content (AvgIpc) is 2.39. The Labute approximate surface area is 180 Å². The van der Waals surface area contributed by atoms with Crippen molar-refractivity contribution in [2.75, 3.05) is 68.6 Å². The number of carbonyl (C=O) groups is 2. The molecule has 6 nitrogen and oxygen atoms in total. The van der Waals surface area contributed by atoms with Crippen molar-refractivity contribution in [3.05, 3.63) is 0 Å². The van der Waals surface area contributed by atoms with Gasteiger partial charge in [-0.05, 0) is 12.8 Å². The van der Waals surface area contributed by atoms with Gasteiger partial charge in [0.2, 0.25) is 0 Å². The SMILES string of the molecule is C[N+](C)(C)CCOC(=O)CCCCCCC(=O)OCC[N+](C)(C)C.[Br-].[Br-]. The number of halogens is 2. The smallest absolute Gasteiger partial charge is 0.305 e. The monoisotopic (exact) mass is 504 g/mol. The Bertz CT molecular complexity index is 344. The van der Waals surface area contributed by atoms with Crippen LogP contribution in [0.2, 0.25) is 0 Å². The quantitative estimate of drug-likeness (QED) is 0.145. The van der Waals surface area contributed by atoms with Crippen molar-refractivity contribution in [2.24, 2.45) is 0 Å². The van der Waals surface area contributed by atoms with Crippen molar-refractivity contribution in [3.63, 3.8) is 0 Å². The zero-order valence-corrected chi connectivity index (χ0v) is 20.5. The summed E-state index contributed by atoms with van der Waals surface area (Å²) < 4.78 is 12.0. The van der Waals surface area contributed by atoms with Crippen molar-refractivity contribution in [1.29, 1.82) is 0 Å². The summed E-state index contributed by atoms with van der Waals surface area (Å²) in [5.74, 6) is -0.244. The Morgan fingerprint density at radius 1 is 0.615 bits per heavy atom. The van der Waals surface area contributed by atoms with E-state index in [1.54, 1.807) is 0 Å². The maximum absolute atomic E-state index is 11.6. The topological polar surface area (TPSA) is 52.6 Å². The number of esters is 2. The van der Waals surface area contributed by atoms with Crippen LogP contribution in [0.25, 0.3) is 0 Å². The lowest BCUT2D eigenvalue weighted by Gasteiger charge is -2.23. The van der Waals surface area contributed by atoms with Crippen molar-refractivity contribution in [2.45, 2.75) is 38.5 Å². The van der Waals surface area contributed by atoms with Gasteiger partial charge in [-0.1, -0.05) is 12.8 Å². The van der Waals surface area contributed by atoms with Crippen LogP contribution in [0.3, 0.4) is 0 Å². The molecule has 0 spiro atoms. The van der Waals surface area contributed by atoms with Crippen LogP contribution in [0.4, 0.5) is 0 Å². The molecule has 0 unspecified atom stereocenters. The minimum atomic E-state index is -0.122. The zero-order chi connectivity index (χ0) is 18.6. The first-order valence-electron chi connectivity index (χ1n) is 8.92. The van der Waals surface area contributed by atoms with Crippen LogP contribution in [0.15, 0.2) is 0 Å². The van der Waals surface area contributed by atoms with Crippen molar-refractivity contribution >= 4 is 11.9 Å². The average molecular weight is 506 g/mol. The van der Waals surface area contributed by atoms with Gasteiger partial charge in [-0.25, -0.2) is 0 Å². The number of unbranched alkanes of at least 4 members (excludes halogenated alkanes) is 3. The summed E-state index contributed by atoms with van der Waals surface area (Å²) in [4.78, 5) is 23.1. The first-order chi connectivity index (χ1) is 11.0. The molecule has 0 amide bonds. The molecule has 0 N–H and O–H groups in total. The lowest BCUT2D eigenvalue weighted by atomic mass is 10.1. The number of hydrogen-bond donors (Lipinski definition) is 0. The molecule has 0 aromatic carbocycles. The molecule has 0 aliphatic rings. The Hall–Kier alpha value is -0.180. The molecule has 0 radical (unpaired) electrons. The van der Waals surface area contributed by atoms with E-state index in [9.17, 15) is 9.59 Å². The highest BCUT2D eigenvalue weighted by Gasteiger charge is 2.10. The minimum Gasteiger partial charge on any atom is -1.00 e. The van der Waals surface area contributed by atoms with Crippen LogP contribution in [0, 0.1) is 0 Å². The predicted molar refractivity (Wildman–Crippen MR) is 95.4 cm³/mol. The van der Waals surface area contributed by atoms with Gasteiger partial charge >= 0.3 is 11.9 Å². The van der Waals surface area contributed by atoms with Gasteiger partial charge in [0.05, 0.1) is 42.3 Å². The summed E-state index contributed by atoms with van der Waals surface area (Å²) in [7, 11) is 12.4. The highest BCUT2D eigenvalue weighted by molar-refractivity contribution is 5.69. The number of rotatable bonds is 13. The minimum absolute atomic E-state index is 0. The molecular weight excluding hydrogens is 468 g/mol. The van der Waals surface area contributed by atoms with E-state index >= 15 is 0 Å². The molecular formula is C18H38Br2N2O4. The lowest BCUT2D eigenvalue weighted by Crippen LogP contribution is -3.00. The highest BCUT2D eigenvalue weighted by Crippen LogP contribution is 2.07. The fourth-order valence-corrected chi connectivity index (χ4v) is 1.90. The number of likely N-dealkylation sites (N-methyl/N-ethyl adjacent to an activating group) is 2. The molecule has 0 saturated carbocycles. The third kappa shape index (κ3) is 23.8. The van der Waals surface area contributed by atoms with Crippen molar-refractivity contribution in [3.8, 4) is 0 Å². The number of nitrogens with zero attached hydrogens (tertiary/aromatic N) is 2. The molecule has 0 fully saturated rings. The standard InChI is InChI=1S/C18H38N2O4.2BrH/c1-19(2,3)13-15-23-17(21)11-9-7-8-10-12-18(22)24-16-14-20(4,5)6;;/h7-16H2,1-6H3;2*1H/q+2;;/p-2. The summed E-state index contributed by atoms with van der Waals surface area (Å²) in [5, 5.41) is 0. The van der Waals surface area contributed by atoms with Gasteiger partial charge in [-0.15, -0.1) is 0 Å². The Balaban J connectivity index is -0.00000264. The van der Waals surface area contributed by atoms with E-state index in [1.807, 2.05) is 0 Å². The fraction of sp³-hybridized carbons (Fsp3) is 0.889. The maximum Gasteiger partial charge on any atom is 0.305 e. The number of quaternary nitrogens is 2. The maximum atomic E-state index is 11.6. The molecule has 0 bridgehead atoms. The molecule has 8 heteroatoms. The summed E-state index contributed by atoms with van der Waals surface area (Å²) in [6.07, 6.45) is 4.45. The molecule has 0 saturated heterocycles.